The quantitative estimate of drug-likeness (QED) is 0.837. The molecule has 3 rings (SSSR count). The molecule has 0 spiro atoms. The van der Waals surface area contributed by atoms with Crippen molar-refractivity contribution >= 4 is 17.5 Å². The van der Waals surface area contributed by atoms with E-state index in [1.807, 2.05) is 25.1 Å². The first-order chi connectivity index (χ1) is 10.6. The Bertz CT molecular complexity index is 579. The Morgan fingerprint density at radius 1 is 1.18 bits per heavy atom. The number of hydrogen-bond donors (Lipinski definition) is 2. The van der Waals surface area contributed by atoms with E-state index in [0.717, 1.165) is 38.7 Å². The number of ether oxygens (including phenoxy) is 1. The van der Waals surface area contributed by atoms with E-state index in [4.69, 9.17) is 4.74 Å². The molecule has 0 aromatic heterocycles. The highest BCUT2D eigenvalue weighted by Crippen LogP contribution is 2.24. The fraction of sp³-hybridized carbons (Fsp3) is 0.529. The molecule has 118 valence electrons. The molecule has 2 atom stereocenters. The van der Waals surface area contributed by atoms with Crippen LogP contribution in [0.2, 0.25) is 0 Å². The number of amides is 2. The van der Waals surface area contributed by atoms with Gasteiger partial charge in [0.25, 0.3) is 0 Å². The second-order valence-electron chi connectivity index (χ2n) is 6.10. The smallest absolute Gasteiger partial charge is 0.313 e. The summed E-state index contributed by atoms with van der Waals surface area (Å²) in [7, 11) is 0. The predicted octanol–water partition coefficient (Wildman–Crippen LogP) is 1.80. The summed E-state index contributed by atoms with van der Waals surface area (Å²) in [6.45, 7) is 2.60. The molecule has 5 nitrogen and oxygen atoms in total. The van der Waals surface area contributed by atoms with Gasteiger partial charge < -0.3 is 15.4 Å². The summed E-state index contributed by atoms with van der Waals surface area (Å²) < 4.78 is 5.52. The number of hydrogen-bond acceptors (Lipinski definition) is 3. The van der Waals surface area contributed by atoms with Crippen LogP contribution >= 0.6 is 0 Å². The van der Waals surface area contributed by atoms with Crippen LogP contribution in [0.3, 0.4) is 0 Å². The molecule has 0 saturated carbocycles. The van der Waals surface area contributed by atoms with Crippen LogP contribution in [-0.4, -0.2) is 30.6 Å². The van der Waals surface area contributed by atoms with Gasteiger partial charge in [0.2, 0.25) is 0 Å². The third-order valence-electron chi connectivity index (χ3n) is 4.44. The molecule has 1 aliphatic carbocycles. The average Bonchev–Trinajstić information content (AvgIpc) is 3.18. The average molecular weight is 302 g/mol. The van der Waals surface area contributed by atoms with Crippen molar-refractivity contribution in [2.45, 2.75) is 51.2 Å². The molecule has 2 amide bonds. The minimum atomic E-state index is -0.622. The maximum absolute atomic E-state index is 12.0. The van der Waals surface area contributed by atoms with Crippen LogP contribution in [0.25, 0.3) is 0 Å². The fourth-order valence-electron chi connectivity index (χ4n) is 3.20. The minimum absolute atomic E-state index is 0.0109. The van der Waals surface area contributed by atoms with Gasteiger partial charge in [-0.2, -0.15) is 0 Å². The molecule has 1 aromatic rings. The molecule has 1 aliphatic heterocycles. The zero-order valence-corrected chi connectivity index (χ0v) is 12.9. The Balaban J connectivity index is 1.55. The van der Waals surface area contributed by atoms with Gasteiger partial charge in [0.15, 0.2) is 0 Å². The van der Waals surface area contributed by atoms with Gasteiger partial charge in [-0.1, -0.05) is 6.07 Å². The Kier molecular flexibility index (Phi) is 4.43. The van der Waals surface area contributed by atoms with Crippen molar-refractivity contribution in [3.63, 3.8) is 0 Å². The molecule has 1 fully saturated rings. The molecule has 2 unspecified atom stereocenters. The highest BCUT2D eigenvalue weighted by atomic mass is 16.5. The lowest BCUT2D eigenvalue weighted by molar-refractivity contribution is -0.137. The third-order valence-corrected chi connectivity index (χ3v) is 4.44. The van der Waals surface area contributed by atoms with Gasteiger partial charge in [0.05, 0.1) is 12.1 Å². The molecule has 22 heavy (non-hydrogen) atoms. The molecule has 1 aromatic carbocycles. The number of carbonyl (C=O) groups excluding carboxylic acids is 2. The van der Waals surface area contributed by atoms with E-state index in [1.165, 1.54) is 11.1 Å². The van der Waals surface area contributed by atoms with Crippen LogP contribution in [-0.2, 0) is 27.2 Å². The normalized spacial score (nSPS) is 21.2. The highest BCUT2D eigenvalue weighted by Gasteiger charge is 2.26. The Hall–Kier alpha value is -1.88. The zero-order chi connectivity index (χ0) is 15.5. The number of benzene rings is 1. The molecule has 5 heteroatoms. The summed E-state index contributed by atoms with van der Waals surface area (Å²) in [4.78, 5) is 24.0. The highest BCUT2D eigenvalue weighted by molar-refractivity contribution is 6.39. The van der Waals surface area contributed by atoms with Crippen LogP contribution in [0.15, 0.2) is 18.2 Å². The number of nitrogens with one attached hydrogen (secondary N) is 2. The molecule has 0 radical (unpaired) electrons. The zero-order valence-electron chi connectivity index (χ0n) is 12.9. The van der Waals surface area contributed by atoms with Gasteiger partial charge in [-0.25, -0.2) is 0 Å². The monoisotopic (exact) mass is 302 g/mol. The first-order valence-electron chi connectivity index (χ1n) is 7.99. The van der Waals surface area contributed by atoms with Crippen molar-refractivity contribution in [3.8, 4) is 0 Å². The maximum Gasteiger partial charge on any atom is 0.313 e. The Morgan fingerprint density at radius 2 is 2.00 bits per heavy atom. The van der Waals surface area contributed by atoms with E-state index < -0.39 is 11.8 Å². The van der Waals surface area contributed by atoms with E-state index in [2.05, 4.69) is 10.6 Å². The number of aryl methyl sites for hydroxylation is 2. The van der Waals surface area contributed by atoms with Gasteiger partial charge >= 0.3 is 11.8 Å². The van der Waals surface area contributed by atoms with E-state index in [9.17, 15) is 9.59 Å². The number of fused-ring (bicyclic) bond motifs is 1. The van der Waals surface area contributed by atoms with Crippen LogP contribution < -0.4 is 10.6 Å². The summed E-state index contributed by atoms with van der Waals surface area (Å²) >= 11 is 0. The van der Waals surface area contributed by atoms with Crippen molar-refractivity contribution in [1.82, 2.24) is 5.32 Å². The second kappa shape index (κ2) is 6.48. The topological polar surface area (TPSA) is 67.4 Å². The first kappa shape index (κ1) is 15.0. The predicted molar refractivity (Wildman–Crippen MR) is 83.7 cm³/mol. The lowest BCUT2D eigenvalue weighted by Gasteiger charge is -2.19. The van der Waals surface area contributed by atoms with E-state index in [0.29, 0.717) is 5.69 Å². The maximum atomic E-state index is 12.0. The molecular weight excluding hydrogens is 280 g/mol. The largest absolute Gasteiger partial charge is 0.376 e. The van der Waals surface area contributed by atoms with Crippen molar-refractivity contribution in [3.05, 3.63) is 29.3 Å². The molecule has 2 N–H and O–H groups in total. The number of anilines is 1. The van der Waals surface area contributed by atoms with E-state index >= 15 is 0 Å². The van der Waals surface area contributed by atoms with Crippen molar-refractivity contribution in [1.29, 1.82) is 0 Å². The lowest BCUT2D eigenvalue weighted by atomic mass is 10.1. The Labute approximate surface area is 130 Å². The summed E-state index contributed by atoms with van der Waals surface area (Å²) in [5.74, 6) is -1.23. The van der Waals surface area contributed by atoms with Gasteiger partial charge in [-0.3, -0.25) is 9.59 Å². The van der Waals surface area contributed by atoms with Crippen LogP contribution in [0.4, 0.5) is 5.69 Å². The standard InChI is InChI=1S/C17H22N2O3/c1-11(15-6-3-9-22-15)18-16(20)17(21)19-14-8-7-12-4-2-5-13(12)10-14/h7-8,10-11,15H,2-6,9H2,1H3,(H,18,20)(H,19,21). The fourth-order valence-corrected chi connectivity index (χ4v) is 3.20. The van der Waals surface area contributed by atoms with Crippen molar-refractivity contribution in [2.24, 2.45) is 0 Å². The second-order valence-corrected chi connectivity index (χ2v) is 6.10. The molecule has 1 saturated heterocycles. The molecule has 2 aliphatic rings. The summed E-state index contributed by atoms with van der Waals surface area (Å²) in [6, 6.07) is 5.71. The number of rotatable bonds is 3. The van der Waals surface area contributed by atoms with Crippen LogP contribution in [0.5, 0.6) is 0 Å². The third kappa shape index (κ3) is 3.30. The van der Waals surface area contributed by atoms with Crippen LogP contribution in [0.1, 0.15) is 37.3 Å². The summed E-state index contributed by atoms with van der Waals surface area (Å²) in [5, 5.41) is 5.39. The minimum Gasteiger partial charge on any atom is -0.376 e. The van der Waals surface area contributed by atoms with Crippen molar-refractivity contribution < 1.29 is 14.3 Å². The molecule has 1 heterocycles. The van der Waals surface area contributed by atoms with Crippen molar-refractivity contribution in [2.75, 3.05) is 11.9 Å². The van der Waals surface area contributed by atoms with Gasteiger partial charge in [-0.05, 0) is 62.3 Å². The van der Waals surface area contributed by atoms with E-state index in [1.54, 1.807) is 0 Å². The summed E-state index contributed by atoms with van der Waals surface area (Å²) in [5.41, 5.74) is 3.30. The van der Waals surface area contributed by atoms with Gasteiger partial charge in [0.1, 0.15) is 0 Å². The first-order valence-corrected chi connectivity index (χ1v) is 7.99. The Morgan fingerprint density at radius 3 is 2.77 bits per heavy atom. The SMILES string of the molecule is CC(NC(=O)C(=O)Nc1ccc2c(c1)CCC2)C1CCCO1. The molecular formula is C17H22N2O3. The lowest BCUT2D eigenvalue weighted by Crippen LogP contribution is -2.45. The summed E-state index contributed by atoms with van der Waals surface area (Å²) in [6.07, 6.45) is 5.24. The van der Waals surface area contributed by atoms with E-state index in [-0.39, 0.29) is 12.1 Å². The van der Waals surface area contributed by atoms with Crippen LogP contribution in [0, 0.1) is 0 Å². The van der Waals surface area contributed by atoms with Gasteiger partial charge in [-0.15, -0.1) is 0 Å². The molecule has 0 bridgehead atoms. The van der Waals surface area contributed by atoms with Gasteiger partial charge in [0, 0.05) is 12.3 Å². The number of carbonyl (C=O) groups is 2.